The average molecular weight is 227 g/mol. The molecule has 0 saturated carbocycles. The van der Waals surface area contributed by atoms with E-state index in [2.05, 4.69) is 16.5 Å². The predicted octanol–water partition coefficient (Wildman–Crippen LogP) is 3.26. The molecule has 0 unspecified atom stereocenters. The lowest BCUT2D eigenvalue weighted by Gasteiger charge is -2.09. The Labute approximate surface area is 95.2 Å². The van der Waals surface area contributed by atoms with Crippen molar-refractivity contribution in [1.29, 1.82) is 0 Å². The highest BCUT2D eigenvalue weighted by Crippen LogP contribution is 2.19. The third-order valence-corrected chi connectivity index (χ3v) is 2.08. The third kappa shape index (κ3) is 3.20. The molecular formula is C11H15ClN2O. The van der Waals surface area contributed by atoms with E-state index in [1.807, 2.05) is 26.8 Å². The normalized spacial score (nSPS) is 10.5. The Hall–Kier alpha value is -1.09. The molecule has 1 aromatic heterocycles. The van der Waals surface area contributed by atoms with Gasteiger partial charge in [-0.05, 0) is 30.5 Å². The lowest BCUT2D eigenvalue weighted by Crippen LogP contribution is -2.00. The van der Waals surface area contributed by atoms with Crippen molar-refractivity contribution in [2.75, 3.05) is 6.61 Å². The molecule has 0 radical (unpaired) electrons. The van der Waals surface area contributed by atoms with Crippen LogP contribution in [0, 0.1) is 0 Å². The predicted molar refractivity (Wildman–Crippen MR) is 61.8 cm³/mol. The fraction of sp³-hybridized carbons (Fsp3) is 0.455. The third-order valence-electron chi connectivity index (χ3n) is 1.91. The lowest BCUT2D eigenvalue weighted by molar-refractivity contribution is 0.297. The molecule has 0 aliphatic carbocycles. The number of aromatic nitrogens is 2. The highest BCUT2D eigenvalue weighted by molar-refractivity contribution is 6.28. The zero-order valence-corrected chi connectivity index (χ0v) is 10.0. The van der Waals surface area contributed by atoms with Gasteiger partial charge in [-0.15, -0.1) is 0 Å². The minimum atomic E-state index is 0.233. The van der Waals surface area contributed by atoms with Gasteiger partial charge in [0.2, 0.25) is 5.28 Å². The number of hydrogen-bond acceptors (Lipinski definition) is 3. The van der Waals surface area contributed by atoms with Gasteiger partial charge in [0.1, 0.15) is 11.5 Å². The maximum atomic E-state index is 5.82. The molecule has 0 fully saturated rings. The van der Waals surface area contributed by atoms with E-state index in [-0.39, 0.29) is 5.28 Å². The van der Waals surface area contributed by atoms with Crippen LogP contribution in [0.2, 0.25) is 5.28 Å². The molecule has 0 atom stereocenters. The minimum Gasteiger partial charge on any atom is -0.492 e. The van der Waals surface area contributed by atoms with Crippen molar-refractivity contribution in [3.05, 3.63) is 29.3 Å². The molecule has 0 aliphatic rings. The molecule has 0 saturated heterocycles. The van der Waals surface area contributed by atoms with Crippen molar-refractivity contribution in [3.63, 3.8) is 0 Å². The molecule has 0 aliphatic heterocycles. The van der Waals surface area contributed by atoms with Crippen molar-refractivity contribution in [2.45, 2.75) is 26.7 Å². The first-order valence-electron chi connectivity index (χ1n) is 4.91. The van der Waals surface area contributed by atoms with Crippen LogP contribution in [0.4, 0.5) is 0 Å². The molecule has 1 rings (SSSR count). The first-order valence-corrected chi connectivity index (χ1v) is 5.29. The van der Waals surface area contributed by atoms with Crippen LogP contribution in [0.15, 0.2) is 12.6 Å². The molecule has 1 aromatic rings. The molecular weight excluding hydrogens is 212 g/mol. The minimum absolute atomic E-state index is 0.233. The summed E-state index contributed by atoms with van der Waals surface area (Å²) in [6, 6.07) is 1.86. The second-order valence-corrected chi connectivity index (χ2v) is 3.80. The van der Waals surface area contributed by atoms with Gasteiger partial charge in [0, 0.05) is 5.69 Å². The standard InChI is InChI=1S/C11H15ClN2O/c1-5-15-8(4)10-6-9(7(2)3)13-11(12)14-10/h6-7H,4-5H2,1-3H3. The molecule has 4 heteroatoms. The number of nitrogens with zero attached hydrogens (tertiary/aromatic N) is 2. The van der Waals surface area contributed by atoms with Crippen LogP contribution in [-0.2, 0) is 4.74 Å². The monoisotopic (exact) mass is 226 g/mol. The maximum Gasteiger partial charge on any atom is 0.223 e. The fourth-order valence-corrected chi connectivity index (χ4v) is 1.31. The highest BCUT2D eigenvalue weighted by Gasteiger charge is 2.09. The molecule has 0 bridgehead atoms. The second kappa shape index (κ2) is 5.12. The Morgan fingerprint density at radius 2 is 2.20 bits per heavy atom. The maximum absolute atomic E-state index is 5.82. The molecule has 1 heterocycles. The van der Waals surface area contributed by atoms with Crippen LogP contribution < -0.4 is 0 Å². The molecule has 15 heavy (non-hydrogen) atoms. The molecule has 0 N–H and O–H groups in total. The summed E-state index contributed by atoms with van der Waals surface area (Å²) < 4.78 is 5.27. The topological polar surface area (TPSA) is 35.0 Å². The Balaban J connectivity index is 3.03. The van der Waals surface area contributed by atoms with Gasteiger partial charge in [0.15, 0.2) is 0 Å². The van der Waals surface area contributed by atoms with Crippen LogP contribution in [-0.4, -0.2) is 16.6 Å². The van der Waals surface area contributed by atoms with Gasteiger partial charge in [-0.25, -0.2) is 9.97 Å². The summed E-state index contributed by atoms with van der Waals surface area (Å²) in [4.78, 5) is 8.20. The average Bonchev–Trinajstić information content (AvgIpc) is 2.17. The number of hydrogen-bond donors (Lipinski definition) is 0. The summed E-state index contributed by atoms with van der Waals surface area (Å²) >= 11 is 5.82. The van der Waals surface area contributed by atoms with Crippen LogP contribution in [0.1, 0.15) is 38.1 Å². The van der Waals surface area contributed by atoms with E-state index < -0.39 is 0 Å². The number of halogens is 1. The van der Waals surface area contributed by atoms with Crippen LogP contribution in [0.25, 0.3) is 5.76 Å². The van der Waals surface area contributed by atoms with Crippen molar-refractivity contribution < 1.29 is 4.74 Å². The number of rotatable bonds is 4. The van der Waals surface area contributed by atoms with Crippen molar-refractivity contribution >= 4 is 17.4 Å². The van der Waals surface area contributed by atoms with Crippen LogP contribution in [0.5, 0.6) is 0 Å². The first-order chi connectivity index (χ1) is 7.04. The van der Waals surface area contributed by atoms with Gasteiger partial charge in [0.05, 0.1) is 6.61 Å². The second-order valence-electron chi connectivity index (χ2n) is 3.46. The molecule has 0 amide bonds. The van der Waals surface area contributed by atoms with E-state index in [4.69, 9.17) is 16.3 Å². The van der Waals surface area contributed by atoms with E-state index in [1.54, 1.807) is 0 Å². The van der Waals surface area contributed by atoms with Gasteiger partial charge in [0.25, 0.3) is 0 Å². The zero-order valence-electron chi connectivity index (χ0n) is 9.25. The molecule has 0 spiro atoms. The quantitative estimate of drug-likeness (QED) is 0.584. The van der Waals surface area contributed by atoms with Crippen LogP contribution >= 0.6 is 11.6 Å². The fourth-order valence-electron chi connectivity index (χ4n) is 1.12. The summed E-state index contributed by atoms with van der Waals surface area (Å²) in [5.41, 5.74) is 1.55. The van der Waals surface area contributed by atoms with Gasteiger partial charge >= 0.3 is 0 Å². The Morgan fingerprint density at radius 1 is 1.53 bits per heavy atom. The molecule has 3 nitrogen and oxygen atoms in total. The molecule has 82 valence electrons. The Kier molecular flexibility index (Phi) is 4.09. The van der Waals surface area contributed by atoms with E-state index >= 15 is 0 Å². The lowest BCUT2D eigenvalue weighted by atomic mass is 10.1. The van der Waals surface area contributed by atoms with Crippen molar-refractivity contribution in [1.82, 2.24) is 9.97 Å². The molecule has 0 aromatic carbocycles. The number of ether oxygens (including phenoxy) is 1. The zero-order chi connectivity index (χ0) is 11.4. The van der Waals surface area contributed by atoms with E-state index in [1.165, 1.54) is 0 Å². The summed E-state index contributed by atoms with van der Waals surface area (Å²) in [5, 5.41) is 0.233. The highest BCUT2D eigenvalue weighted by atomic mass is 35.5. The smallest absolute Gasteiger partial charge is 0.223 e. The summed E-state index contributed by atoms with van der Waals surface area (Å²) in [6.45, 7) is 10.3. The van der Waals surface area contributed by atoms with E-state index in [0.717, 1.165) is 5.69 Å². The van der Waals surface area contributed by atoms with Gasteiger partial charge in [-0.1, -0.05) is 20.4 Å². The van der Waals surface area contributed by atoms with E-state index in [9.17, 15) is 0 Å². The summed E-state index contributed by atoms with van der Waals surface area (Å²) in [6.07, 6.45) is 0. The van der Waals surface area contributed by atoms with Gasteiger partial charge < -0.3 is 4.74 Å². The SMILES string of the molecule is C=C(OCC)c1cc(C(C)C)nc(Cl)n1. The Morgan fingerprint density at radius 3 is 2.73 bits per heavy atom. The van der Waals surface area contributed by atoms with Gasteiger partial charge in [-0.3, -0.25) is 0 Å². The van der Waals surface area contributed by atoms with Crippen molar-refractivity contribution in [3.8, 4) is 0 Å². The first kappa shape index (κ1) is 12.0. The van der Waals surface area contributed by atoms with E-state index in [0.29, 0.717) is 24.0 Å². The summed E-state index contributed by atoms with van der Waals surface area (Å²) in [5.74, 6) is 0.836. The Bertz CT molecular complexity index is 364. The van der Waals surface area contributed by atoms with Gasteiger partial charge in [-0.2, -0.15) is 0 Å². The summed E-state index contributed by atoms with van der Waals surface area (Å²) in [7, 11) is 0. The largest absolute Gasteiger partial charge is 0.492 e. The van der Waals surface area contributed by atoms with Crippen LogP contribution in [0.3, 0.4) is 0 Å². The van der Waals surface area contributed by atoms with Crippen molar-refractivity contribution in [2.24, 2.45) is 0 Å².